The fourth-order valence-corrected chi connectivity index (χ4v) is 5.10. The zero-order valence-electron chi connectivity index (χ0n) is 19.3. The van der Waals surface area contributed by atoms with Gasteiger partial charge >= 0.3 is 0 Å². The Balaban J connectivity index is 1.54. The van der Waals surface area contributed by atoms with Crippen LogP contribution in [0, 0.1) is 0 Å². The topological polar surface area (TPSA) is 67.5 Å². The molecule has 172 valence electrons. The van der Waals surface area contributed by atoms with E-state index in [1.165, 1.54) is 12.8 Å². The van der Waals surface area contributed by atoms with Gasteiger partial charge in [0.25, 0.3) is 5.91 Å². The molecular formula is C27H31N3O3. The number of methoxy groups -OCH3 is 1. The van der Waals surface area contributed by atoms with Gasteiger partial charge in [0.05, 0.1) is 25.5 Å². The third-order valence-corrected chi connectivity index (χ3v) is 6.85. The number of nitrogens with one attached hydrogen (secondary N) is 1. The second kappa shape index (κ2) is 9.30. The van der Waals surface area contributed by atoms with Gasteiger partial charge in [0.15, 0.2) is 0 Å². The van der Waals surface area contributed by atoms with E-state index >= 15 is 0 Å². The number of carbonyl (C=O) groups is 1. The molecule has 0 radical (unpaired) electrons. The average molecular weight is 446 g/mol. The highest BCUT2D eigenvalue weighted by Gasteiger charge is 2.45. The van der Waals surface area contributed by atoms with Gasteiger partial charge in [-0.3, -0.25) is 9.89 Å². The highest BCUT2D eigenvalue weighted by atomic mass is 16.5. The molecule has 0 saturated heterocycles. The van der Waals surface area contributed by atoms with Crippen LogP contribution in [0.3, 0.4) is 0 Å². The molecule has 6 heteroatoms. The van der Waals surface area contributed by atoms with E-state index < -0.39 is 0 Å². The van der Waals surface area contributed by atoms with E-state index in [-0.39, 0.29) is 18.0 Å². The predicted molar refractivity (Wildman–Crippen MR) is 128 cm³/mol. The van der Waals surface area contributed by atoms with Crippen LogP contribution >= 0.6 is 0 Å². The Hall–Kier alpha value is -3.28. The van der Waals surface area contributed by atoms with Crippen LogP contribution in [0.4, 0.5) is 0 Å². The molecule has 5 rings (SSSR count). The number of benzene rings is 2. The van der Waals surface area contributed by atoms with Crippen molar-refractivity contribution in [3.8, 4) is 22.8 Å². The Kier molecular flexibility index (Phi) is 6.07. The van der Waals surface area contributed by atoms with Gasteiger partial charge < -0.3 is 14.4 Å². The van der Waals surface area contributed by atoms with Crippen molar-refractivity contribution in [2.75, 3.05) is 13.7 Å². The maximum atomic E-state index is 13.6. The van der Waals surface area contributed by atoms with Gasteiger partial charge in [-0.25, -0.2) is 0 Å². The summed E-state index contributed by atoms with van der Waals surface area (Å²) < 4.78 is 11.2. The molecule has 1 aliphatic heterocycles. The van der Waals surface area contributed by atoms with Crippen LogP contribution < -0.4 is 9.47 Å². The van der Waals surface area contributed by atoms with Crippen molar-refractivity contribution < 1.29 is 14.3 Å². The number of rotatable bonds is 8. The number of nitrogens with zero attached hydrogens (tertiary/aromatic N) is 2. The number of H-pyrrole nitrogens is 1. The van der Waals surface area contributed by atoms with Crippen LogP contribution in [-0.4, -0.2) is 40.8 Å². The third kappa shape index (κ3) is 3.99. The Morgan fingerprint density at radius 1 is 1.03 bits per heavy atom. The Bertz CT molecular complexity index is 1100. The van der Waals surface area contributed by atoms with Crippen molar-refractivity contribution in [2.24, 2.45) is 0 Å². The van der Waals surface area contributed by atoms with Crippen molar-refractivity contribution in [3.63, 3.8) is 0 Å². The zero-order chi connectivity index (χ0) is 22.8. The third-order valence-electron chi connectivity index (χ3n) is 6.85. The molecular weight excluding hydrogens is 414 g/mol. The van der Waals surface area contributed by atoms with Crippen molar-refractivity contribution in [3.05, 3.63) is 65.4 Å². The molecule has 33 heavy (non-hydrogen) atoms. The van der Waals surface area contributed by atoms with E-state index in [0.29, 0.717) is 5.69 Å². The van der Waals surface area contributed by atoms with E-state index in [2.05, 4.69) is 34.2 Å². The zero-order valence-corrected chi connectivity index (χ0v) is 19.3. The highest BCUT2D eigenvalue weighted by molar-refractivity contribution is 6.00. The molecule has 1 unspecified atom stereocenters. The van der Waals surface area contributed by atoms with Crippen LogP contribution in [0.5, 0.6) is 11.5 Å². The van der Waals surface area contributed by atoms with E-state index in [4.69, 9.17) is 9.47 Å². The summed E-state index contributed by atoms with van der Waals surface area (Å²) in [5.41, 5.74) is 4.47. The van der Waals surface area contributed by atoms with Crippen LogP contribution in [0.1, 0.15) is 73.1 Å². The standard InChI is InChI=1S/C27H31N3O3/c1-3-4-17-33-22-15-11-19(12-16-22)26-23-24(18-9-13-21(32-2)14-10-18)28-29-25(23)27(31)30(26)20-7-5-6-8-20/h9-16,20,26H,3-8,17H2,1-2H3,(H,28,29). The molecule has 2 heterocycles. The lowest BCUT2D eigenvalue weighted by Gasteiger charge is -2.32. The molecule has 1 atom stereocenters. The number of ether oxygens (including phenoxy) is 2. The van der Waals surface area contributed by atoms with Crippen LogP contribution in [0.15, 0.2) is 48.5 Å². The lowest BCUT2D eigenvalue weighted by Crippen LogP contribution is -2.37. The number of fused-ring (bicyclic) bond motifs is 1. The first kappa shape index (κ1) is 21.6. The maximum absolute atomic E-state index is 13.6. The number of unbranched alkanes of at least 4 members (excludes halogenated alkanes) is 1. The maximum Gasteiger partial charge on any atom is 0.273 e. The molecule has 1 aliphatic carbocycles. The molecule has 2 aromatic carbocycles. The van der Waals surface area contributed by atoms with Crippen molar-refractivity contribution in [1.29, 1.82) is 0 Å². The van der Waals surface area contributed by atoms with Crippen LogP contribution in [-0.2, 0) is 0 Å². The normalized spacial score (nSPS) is 18.1. The Morgan fingerprint density at radius 2 is 1.73 bits per heavy atom. The summed E-state index contributed by atoms with van der Waals surface area (Å²) in [6.45, 7) is 2.88. The first-order valence-corrected chi connectivity index (χ1v) is 12.0. The van der Waals surface area contributed by atoms with Gasteiger partial charge in [-0.15, -0.1) is 0 Å². The SMILES string of the molecule is CCCCOc1ccc(C2c3c(-c4ccc(OC)cc4)n[nH]c3C(=O)N2C2CCCC2)cc1. The van der Waals surface area contributed by atoms with Gasteiger partial charge in [-0.05, 0) is 61.2 Å². The molecule has 2 aliphatic rings. The molecule has 1 amide bonds. The summed E-state index contributed by atoms with van der Waals surface area (Å²) in [5.74, 6) is 1.72. The summed E-state index contributed by atoms with van der Waals surface area (Å²) in [7, 11) is 1.66. The molecule has 0 bridgehead atoms. The monoisotopic (exact) mass is 445 g/mol. The molecule has 1 saturated carbocycles. The first-order valence-electron chi connectivity index (χ1n) is 12.0. The van der Waals surface area contributed by atoms with Crippen molar-refractivity contribution >= 4 is 5.91 Å². The van der Waals surface area contributed by atoms with Gasteiger partial charge in [0, 0.05) is 17.2 Å². The number of amides is 1. The molecule has 1 aromatic heterocycles. The summed E-state index contributed by atoms with van der Waals surface area (Å²) in [6, 6.07) is 16.2. The second-order valence-corrected chi connectivity index (χ2v) is 8.91. The van der Waals surface area contributed by atoms with Gasteiger partial charge in [0.2, 0.25) is 0 Å². The van der Waals surface area contributed by atoms with Gasteiger partial charge in [0.1, 0.15) is 17.2 Å². The molecule has 0 spiro atoms. The summed E-state index contributed by atoms with van der Waals surface area (Å²) in [4.78, 5) is 15.7. The van der Waals surface area contributed by atoms with E-state index in [9.17, 15) is 4.79 Å². The minimum absolute atomic E-state index is 0.0532. The minimum Gasteiger partial charge on any atom is -0.497 e. The highest BCUT2D eigenvalue weighted by Crippen LogP contribution is 2.46. The fraction of sp³-hybridized carbons (Fsp3) is 0.407. The summed E-state index contributed by atoms with van der Waals surface area (Å²) in [6.07, 6.45) is 6.59. The quantitative estimate of drug-likeness (QED) is 0.448. The second-order valence-electron chi connectivity index (χ2n) is 8.91. The Labute approximate surface area is 194 Å². The molecule has 3 aromatic rings. The summed E-state index contributed by atoms with van der Waals surface area (Å²) in [5, 5.41) is 7.65. The van der Waals surface area contributed by atoms with Crippen molar-refractivity contribution in [2.45, 2.75) is 57.5 Å². The van der Waals surface area contributed by atoms with Crippen LogP contribution in [0.25, 0.3) is 11.3 Å². The molecule has 6 nitrogen and oxygen atoms in total. The van der Waals surface area contributed by atoms with E-state index in [0.717, 1.165) is 66.2 Å². The van der Waals surface area contributed by atoms with Gasteiger partial charge in [-0.1, -0.05) is 38.3 Å². The van der Waals surface area contributed by atoms with Crippen LogP contribution in [0.2, 0.25) is 0 Å². The predicted octanol–water partition coefficient (Wildman–Crippen LogP) is 5.75. The number of aromatic amines is 1. The van der Waals surface area contributed by atoms with Gasteiger partial charge in [-0.2, -0.15) is 5.10 Å². The van der Waals surface area contributed by atoms with Crippen molar-refractivity contribution in [1.82, 2.24) is 15.1 Å². The molecule has 1 fully saturated rings. The minimum atomic E-state index is -0.156. The lowest BCUT2D eigenvalue weighted by molar-refractivity contribution is 0.0660. The average Bonchev–Trinajstić information content (AvgIpc) is 3.58. The smallest absolute Gasteiger partial charge is 0.273 e. The first-order chi connectivity index (χ1) is 16.2. The number of aromatic nitrogens is 2. The number of hydrogen-bond donors (Lipinski definition) is 1. The fourth-order valence-electron chi connectivity index (χ4n) is 5.10. The summed E-state index contributed by atoms with van der Waals surface area (Å²) >= 11 is 0. The molecule has 1 N–H and O–H groups in total. The Morgan fingerprint density at radius 3 is 2.39 bits per heavy atom. The van der Waals surface area contributed by atoms with E-state index in [1.54, 1.807) is 7.11 Å². The van der Waals surface area contributed by atoms with E-state index in [1.807, 2.05) is 36.4 Å². The number of carbonyl (C=O) groups excluding carboxylic acids is 1. The number of hydrogen-bond acceptors (Lipinski definition) is 4. The largest absolute Gasteiger partial charge is 0.497 e. The lowest BCUT2D eigenvalue weighted by atomic mass is 9.95.